The number of nitrogens with one attached hydrogen (secondary N) is 1. The molecule has 1 aromatic carbocycles. The number of benzene rings is 1. The van der Waals surface area contributed by atoms with Gasteiger partial charge < -0.3 is 5.32 Å². The molecule has 0 unspecified atom stereocenters. The van der Waals surface area contributed by atoms with E-state index in [0.29, 0.717) is 11.7 Å². The summed E-state index contributed by atoms with van der Waals surface area (Å²) in [5.74, 6) is 0.758. The molecule has 1 fully saturated rings. The maximum absolute atomic E-state index is 12.9. The van der Waals surface area contributed by atoms with Crippen molar-refractivity contribution in [1.82, 2.24) is 4.98 Å². The fraction of sp³-hybridized carbons (Fsp3) is 0.267. The third kappa shape index (κ3) is 2.84. The van der Waals surface area contributed by atoms with E-state index in [0.717, 1.165) is 17.5 Å². The van der Waals surface area contributed by atoms with Gasteiger partial charge in [0, 0.05) is 18.0 Å². The second kappa shape index (κ2) is 5.12. The number of hydrogen-bond acceptors (Lipinski definition) is 4. The van der Waals surface area contributed by atoms with Crippen molar-refractivity contribution in [3.63, 3.8) is 0 Å². The van der Waals surface area contributed by atoms with Crippen LogP contribution in [0, 0.1) is 22.9 Å². The van der Waals surface area contributed by atoms with E-state index in [2.05, 4.69) is 10.3 Å². The molecule has 1 aliphatic rings. The second-order valence-corrected chi connectivity index (χ2v) is 5.26. The van der Waals surface area contributed by atoms with Crippen molar-refractivity contribution in [3.8, 4) is 0 Å². The number of aryl methyl sites for hydroxylation is 1. The number of anilines is 1. The maximum Gasteiger partial charge on any atom is 0.287 e. The van der Waals surface area contributed by atoms with E-state index in [1.165, 1.54) is 24.4 Å². The predicted molar refractivity (Wildman–Crippen MR) is 76.8 cm³/mol. The van der Waals surface area contributed by atoms with Crippen LogP contribution in [0.25, 0.3) is 0 Å². The van der Waals surface area contributed by atoms with Crippen LogP contribution in [0.5, 0.6) is 0 Å². The summed E-state index contributed by atoms with van der Waals surface area (Å²) in [5.41, 5.74) is 1.83. The molecule has 2 aromatic rings. The first kappa shape index (κ1) is 13.5. The van der Waals surface area contributed by atoms with Crippen LogP contribution in [-0.4, -0.2) is 15.9 Å². The van der Waals surface area contributed by atoms with Crippen LogP contribution in [0.15, 0.2) is 36.5 Å². The summed E-state index contributed by atoms with van der Waals surface area (Å²) in [6, 6.07) is 8.24. The van der Waals surface area contributed by atoms with E-state index in [1.807, 2.05) is 0 Å². The van der Waals surface area contributed by atoms with Gasteiger partial charge in [0.05, 0.1) is 4.92 Å². The van der Waals surface area contributed by atoms with Crippen LogP contribution >= 0.6 is 0 Å². The largest absolute Gasteiger partial charge is 0.366 e. The third-order valence-corrected chi connectivity index (χ3v) is 3.69. The van der Waals surface area contributed by atoms with Crippen LogP contribution in [0.2, 0.25) is 0 Å². The smallest absolute Gasteiger partial charge is 0.287 e. The molecular formula is C15H14FN3O2. The minimum Gasteiger partial charge on any atom is -0.366 e. The van der Waals surface area contributed by atoms with Crippen molar-refractivity contribution in [2.45, 2.75) is 25.3 Å². The average Bonchev–Trinajstić information content (AvgIpc) is 3.21. The van der Waals surface area contributed by atoms with Crippen LogP contribution in [0.4, 0.5) is 15.9 Å². The van der Waals surface area contributed by atoms with Gasteiger partial charge in [0.2, 0.25) is 0 Å². The topological polar surface area (TPSA) is 68.1 Å². The van der Waals surface area contributed by atoms with Crippen LogP contribution in [0.1, 0.15) is 23.5 Å². The molecule has 5 nitrogen and oxygen atoms in total. The van der Waals surface area contributed by atoms with Crippen LogP contribution in [-0.2, 0) is 0 Å². The first-order chi connectivity index (χ1) is 10.0. The minimum absolute atomic E-state index is 0.0102. The van der Waals surface area contributed by atoms with Gasteiger partial charge in [0.25, 0.3) is 5.69 Å². The first-order valence-corrected chi connectivity index (χ1v) is 6.67. The molecule has 1 N–H and O–H groups in total. The average molecular weight is 287 g/mol. The molecule has 0 saturated heterocycles. The maximum atomic E-state index is 12.9. The van der Waals surface area contributed by atoms with Gasteiger partial charge in [0.1, 0.15) is 17.8 Å². The number of nitro groups is 1. The molecule has 108 valence electrons. The van der Waals surface area contributed by atoms with Crippen LogP contribution in [0.3, 0.4) is 0 Å². The molecule has 0 radical (unpaired) electrons. The summed E-state index contributed by atoms with van der Waals surface area (Å²) in [4.78, 5) is 14.3. The van der Waals surface area contributed by atoms with Crippen molar-refractivity contribution in [2.24, 2.45) is 0 Å². The standard InChI is InChI=1S/C15H14FN3O2/c1-9-6-12(19(20)21)8-17-15(9)18-14-7-13(14)10-2-4-11(16)5-3-10/h2-6,8,13-14H,7H2,1H3,(H,17,18)/t13-,14+/m0/s1. The number of hydrogen-bond donors (Lipinski definition) is 1. The molecule has 1 heterocycles. The second-order valence-electron chi connectivity index (χ2n) is 5.26. The van der Waals surface area contributed by atoms with Crippen molar-refractivity contribution < 1.29 is 9.31 Å². The van der Waals surface area contributed by atoms with Gasteiger partial charge in [-0.2, -0.15) is 0 Å². The molecule has 6 heteroatoms. The highest BCUT2D eigenvalue weighted by Crippen LogP contribution is 2.43. The summed E-state index contributed by atoms with van der Waals surface area (Å²) in [6.45, 7) is 1.79. The number of nitrogens with zero attached hydrogens (tertiary/aromatic N) is 2. The SMILES string of the molecule is Cc1cc([N+](=O)[O-])cnc1N[C@@H]1C[C@H]1c1ccc(F)cc1. The highest BCUT2D eigenvalue weighted by molar-refractivity contribution is 5.51. The van der Waals surface area contributed by atoms with Crippen molar-refractivity contribution >= 4 is 11.5 Å². The first-order valence-electron chi connectivity index (χ1n) is 6.67. The predicted octanol–water partition coefficient (Wildman–Crippen LogP) is 3.41. The summed E-state index contributed by atoms with van der Waals surface area (Å²) in [7, 11) is 0. The lowest BCUT2D eigenvalue weighted by atomic mass is 10.1. The van der Waals surface area contributed by atoms with Crippen molar-refractivity contribution in [3.05, 3.63) is 63.6 Å². The zero-order chi connectivity index (χ0) is 15.0. The Morgan fingerprint density at radius 2 is 2.10 bits per heavy atom. The number of halogens is 1. The van der Waals surface area contributed by atoms with E-state index in [1.54, 1.807) is 19.1 Å². The van der Waals surface area contributed by atoms with Gasteiger partial charge in [-0.1, -0.05) is 12.1 Å². The highest BCUT2D eigenvalue weighted by atomic mass is 19.1. The minimum atomic E-state index is -0.456. The van der Waals surface area contributed by atoms with E-state index in [9.17, 15) is 14.5 Å². The normalized spacial score (nSPS) is 20.1. The van der Waals surface area contributed by atoms with Gasteiger partial charge in [-0.15, -0.1) is 0 Å². The molecule has 0 bridgehead atoms. The zero-order valence-electron chi connectivity index (χ0n) is 11.4. The van der Waals surface area contributed by atoms with Gasteiger partial charge in [-0.05, 0) is 36.6 Å². The summed E-state index contributed by atoms with van der Waals surface area (Å²) in [5, 5.41) is 14.0. The van der Waals surface area contributed by atoms with Crippen molar-refractivity contribution in [1.29, 1.82) is 0 Å². The monoisotopic (exact) mass is 287 g/mol. The molecule has 0 amide bonds. The lowest BCUT2D eigenvalue weighted by molar-refractivity contribution is -0.385. The Balaban J connectivity index is 1.69. The van der Waals surface area contributed by atoms with E-state index in [-0.39, 0.29) is 17.5 Å². The number of rotatable bonds is 4. The van der Waals surface area contributed by atoms with E-state index in [4.69, 9.17) is 0 Å². The van der Waals surface area contributed by atoms with E-state index >= 15 is 0 Å². The highest BCUT2D eigenvalue weighted by Gasteiger charge is 2.38. The Morgan fingerprint density at radius 1 is 1.38 bits per heavy atom. The fourth-order valence-electron chi connectivity index (χ4n) is 2.42. The fourth-order valence-corrected chi connectivity index (χ4v) is 2.42. The Bertz CT molecular complexity index is 688. The molecule has 1 saturated carbocycles. The molecule has 21 heavy (non-hydrogen) atoms. The molecule has 3 rings (SSSR count). The Hall–Kier alpha value is -2.50. The number of aromatic nitrogens is 1. The Morgan fingerprint density at radius 3 is 2.71 bits per heavy atom. The van der Waals surface area contributed by atoms with Crippen molar-refractivity contribution in [2.75, 3.05) is 5.32 Å². The van der Waals surface area contributed by atoms with Gasteiger partial charge in [-0.3, -0.25) is 10.1 Å². The molecule has 0 spiro atoms. The molecule has 2 atom stereocenters. The summed E-state index contributed by atoms with van der Waals surface area (Å²) in [6.07, 6.45) is 2.20. The molecule has 0 aliphatic heterocycles. The summed E-state index contributed by atoms with van der Waals surface area (Å²) >= 11 is 0. The Kier molecular flexibility index (Phi) is 3.29. The lowest BCUT2D eigenvalue weighted by Gasteiger charge is -2.08. The van der Waals surface area contributed by atoms with E-state index < -0.39 is 4.92 Å². The van der Waals surface area contributed by atoms with Crippen LogP contribution < -0.4 is 5.32 Å². The Labute approximate surface area is 121 Å². The van der Waals surface area contributed by atoms with Gasteiger partial charge >= 0.3 is 0 Å². The zero-order valence-corrected chi connectivity index (χ0v) is 11.4. The summed E-state index contributed by atoms with van der Waals surface area (Å²) < 4.78 is 12.9. The van der Waals surface area contributed by atoms with Gasteiger partial charge in [-0.25, -0.2) is 9.37 Å². The third-order valence-electron chi connectivity index (χ3n) is 3.69. The van der Waals surface area contributed by atoms with Gasteiger partial charge in [0.15, 0.2) is 0 Å². The molecular weight excluding hydrogens is 273 g/mol. The lowest BCUT2D eigenvalue weighted by Crippen LogP contribution is -2.07. The molecule has 1 aliphatic carbocycles. The number of pyridine rings is 1. The molecule has 1 aromatic heterocycles. The quantitative estimate of drug-likeness (QED) is 0.691.